The topological polar surface area (TPSA) is 78.3 Å². The van der Waals surface area contributed by atoms with Gasteiger partial charge < -0.3 is 10.2 Å². The Kier molecular flexibility index (Phi) is 6.62. The maximum Gasteiger partial charge on any atom is 0.250 e. The molecule has 0 amide bonds. The molecule has 0 atom stereocenters. The van der Waals surface area contributed by atoms with Crippen LogP contribution in [0, 0.1) is 0 Å². The van der Waals surface area contributed by atoms with Gasteiger partial charge >= 0.3 is 0 Å². The molecule has 1 aromatic heterocycles. The Morgan fingerprint density at radius 3 is 2.46 bits per heavy atom. The van der Waals surface area contributed by atoms with Gasteiger partial charge in [0.1, 0.15) is 0 Å². The fraction of sp³-hybridized carbons (Fsp3) is 0.158. The van der Waals surface area contributed by atoms with Crippen molar-refractivity contribution in [2.75, 3.05) is 29.7 Å². The van der Waals surface area contributed by atoms with Gasteiger partial charge in [0.25, 0.3) is 0 Å². The number of hydrazone groups is 1. The summed E-state index contributed by atoms with van der Waals surface area (Å²) in [4.78, 5) is 14.9. The number of benzene rings is 2. The van der Waals surface area contributed by atoms with Crippen LogP contribution in [0.3, 0.4) is 0 Å². The van der Waals surface area contributed by atoms with Gasteiger partial charge in [-0.05, 0) is 17.7 Å². The van der Waals surface area contributed by atoms with Crippen LogP contribution in [-0.2, 0) is 6.54 Å². The summed E-state index contributed by atoms with van der Waals surface area (Å²) in [7, 11) is 3.72. The van der Waals surface area contributed by atoms with Gasteiger partial charge in [0.15, 0.2) is 0 Å². The van der Waals surface area contributed by atoms with E-state index in [0.717, 1.165) is 11.1 Å². The Bertz CT molecular complexity index is 962. The zero-order valence-electron chi connectivity index (χ0n) is 15.4. The second-order valence-corrected chi connectivity index (χ2v) is 6.90. The fourth-order valence-corrected chi connectivity index (χ4v) is 2.69. The van der Waals surface area contributed by atoms with Crippen molar-refractivity contribution in [2.24, 2.45) is 5.10 Å². The zero-order valence-corrected chi connectivity index (χ0v) is 16.9. The van der Waals surface area contributed by atoms with Crippen LogP contribution in [0.2, 0.25) is 10.0 Å². The summed E-state index contributed by atoms with van der Waals surface area (Å²) >= 11 is 12.0. The van der Waals surface area contributed by atoms with Crippen LogP contribution in [0.15, 0.2) is 53.6 Å². The number of hydrogen-bond acceptors (Lipinski definition) is 7. The minimum atomic E-state index is 0.315. The third-order valence-electron chi connectivity index (χ3n) is 3.65. The van der Waals surface area contributed by atoms with Crippen molar-refractivity contribution in [3.63, 3.8) is 0 Å². The van der Waals surface area contributed by atoms with Gasteiger partial charge in [-0.2, -0.15) is 20.1 Å². The van der Waals surface area contributed by atoms with E-state index in [1.165, 1.54) is 0 Å². The van der Waals surface area contributed by atoms with E-state index in [0.29, 0.717) is 34.4 Å². The van der Waals surface area contributed by atoms with E-state index in [-0.39, 0.29) is 0 Å². The number of nitrogens with zero attached hydrogens (tertiary/aromatic N) is 5. The molecule has 0 radical (unpaired) electrons. The molecule has 1 heterocycles. The minimum Gasteiger partial charge on any atom is -0.350 e. The van der Waals surface area contributed by atoms with Crippen molar-refractivity contribution in [3.05, 3.63) is 69.7 Å². The largest absolute Gasteiger partial charge is 0.350 e. The van der Waals surface area contributed by atoms with Crippen molar-refractivity contribution >= 4 is 47.3 Å². The summed E-state index contributed by atoms with van der Waals surface area (Å²) < 4.78 is 0. The molecule has 0 aliphatic carbocycles. The molecule has 144 valence electrons. The molecule has 28 heavy (non-hydrogen) atoms. The molecule has 0 bridgehead atoms. The van der Waals surface area contributed by atoms with Crippen LogP contribution in [-0.4, -0.2) is 35.3 Å². The van der Waals surface area contributed by atoms with Crippen molar-refractivity contribution in [2.45, 2.75) is 6.54 Å². The predicted molar refractivity (Wildman–Crippen MR) is 116 cm³/mol. The van der Waals surface area contributed by atoms with Crippen LogP contribution in [0.4, 0.5) is 17.8 Å². The molecule has 0 saturated heterocycles. The van der Waals surface area contributed by atoms with Gasteiger partial charge in [-0.25, -0.2) is 5.43 Å². The van der Waals surface area contributed by atoms with Gasteiger partial charge in [0, 0.05) is 31.2 Å². The lowest BCUT2D eigenvalue weighted by molar-refractivity contribution is 0.940. The molecule has 0 saturated carbocycles. The first-order valence-corrected chi connectivity index (χ1v) is 9.22. The summed E-state index contributed by atoms with van der Waals surface area (Å²) in [6.45, 7) is 0.598. The van der Waals surface area contributed by atoms with Gasteiger partial charge in [-0.1, -0.05) is 59.6 Å². The maximum absolute atomic E-state index is 6.14. The van der Waals surface area contributed by atoms with Gasteiger partial charge in [-0.3, -0.25) is 0 Å². The van der Waals surface area contributed by atoms with E-state index >= 15 is 0 Å². The highest BCUT2D eigenvalue weighted by atomic mass is 35.5. The number of halogens is 2. The molecule has 7 nitrogen and oxygen atoms in total. The third kappa shape index (κ3) is 5.55. The van der Waals surface area contributed by atoms with Crippen LogP contribution in [0.1, 0.15) is 11.1 Å². The zero-order chi connectivity index (χ0) is 19.9. The van der Waals surface area contributed by atoms with Gasteiger partial charge in [-0.15, -0.1) is 0 Å². The lowest BCUT2D eigenvalue weighted by atomic mass is 10.2. The maximum atomic E-state index is 6.14. The highest BCUT2D eigenvalue weighted by molar-refractivity contribution is 6.36. The summed E-state index contributed by atoms with van der Waals surface area (Å²) in [5.74, 6) is 1.27. The molecule has 0 aliphatic rings. The van der Waals surface area contributed by atoms with E-state index in [1.807, 2.05) is 44.4 Å². The summed E-state index contributed by atoms with van der Waals surface area (Å²) in [5.41, 5.74) is 4.67. The van der Waals surface area contributed by atoms with E-state index in [2.05, 4.69) is 30.8 Å². The smallest absolute Gasteiger partial charge is 0.250 e. The molecule has 0 spiro atoms. The average Bonchev–Trinajstić information content (AvgIpc) is 2.69. The van der Waals surface area contributed by atoms with Gasteiger partial charge in [0.05, 0.1) is 11.2 Å². The van der Waals surface area contributed by atoms with Crippen molar-refractivity contribution in [1.29, 1.82) is 0 Å². The first-order chi connectivity index (χ1) is 13.5. The predicted octanol–water partition coefficient (Wildman–Crippen LogP) is 4.30. The summed E-state index contributed by atoms with van der Waals surface area (Å²) in [5, 5.41) is 8.44. The number of rotatable bonds is 7. The summed E-state index contributed by atoms with van der Waals surface area (Å²) in [6, 6.07) is 15.2. The highest BCUT2D eigenvalue weighted by Crippen LogP contribution is 2.19. The highest BCUT2D eigenvalue weighted by Gasteiger charge is 2.08. The van der Waals surface area contributed by atoms with Crippen LogP contribution in [0.5, 0.6) is 0 Å². The van der Waals surface area contributed by atoms with Crippen molar-refractivity contribution in [3.8, 4) is 0 Å². The molecule has 3 rings (SSSR count). The SMILES string of the molecule is CN(C)c1nc(NCc2ccccc2)nc(NN=Cc2ccc(Cl)cc2Cl)n1. The number of aromatic nitrogens is 3. The van der Waals surface area contributed by atoms with Crippen molar-refractivity contribution in [1.82, 2.24) is 15.0 Å². The quantitative estimate of drug-likeness (QED) is 0.442. The molecule has 0 fully saturated rings. The second kappa shape index (κ2) is 9.34. The number of nitrogens with one attached hydrogen (secondary N) is 2. The fourth-order valence-electron chi connectivity index (χ4n) is 2.24. The molecule has 9 heteroatoms. The molecule has 0 aliphatic heterocycles. The van der Waals surface area contributed by atoms with Crippen LogP contribution >= 0.6 is 23.2 Å². The van der Waals surface area contributed by atoms with E-state index in [4.69, 9.17) is 23.2 Å². The molecule has 2 aromatic carbocycles. The Morgan fingerprint density at radius 2 is 1.75 bits per heavy atom. The Labute approximate surface area is 173 Å². The summed E-state index contributed by atoms with van der Waals surface area (Å²) in [6.07, 6.45) is 1.58. The lowest BCUT2D eigenvalue weighted by Gasteiger charge is -2.13. The Balaban J connectivity index is 1.74. The van der Waals surface area contributed by atoms with E-state index in [9.17, 15) is 0 Å². The van der Waals surface area contributed by atoms with E-state index in [1.54, 1.807) is 29.3 Å². The Morgan fingerprint density at radius 1 is 1.00 bits per heavy atom. The third-order valence-corrected chi connectivity index (χ3v) is 4.21. The first-order valence-electron chi connectivity index (χ1n) is 8.46. The van der Waals surface area contributed by atoms with Gasteiger partial charge in [0.2, 0.25) is 17.8 Å². The molecule has 2 N–H and O–H groups in total. The second-order valence-electron chi connectivity index (χ2n) is 6.05. The number of anilines is 3. The minimum absolute atomic E-state index is 0.315. The normalized spacial score (nSPS) is 10.9. The van der Waals surface area contributed by atoms with Crippen molar-refractivity contribution < 1.29 is 0 Å². The Hall–Kier alpha value is -2.90. The first kappa shape index (κ1) is 19.9. The van der Waals surface area contributed by atoms with Crippen LogP contribution in [0.25, 0.3) is 0 Å². The molecular formula is C19H19Cl2N7. The molecular weight excluding hydrogens is 397 g/mol. The standard InChI is InChI=1S/C19H19Cl2N7/c1-28(2)19-25-17(22-11-13-6-4-3-5-7-13)24-18(26-19)27-23-12-14-8-9-15(20)10-16(14)21/h3-10,12H,11H2,1-2H3,(H2,22,24,25,26,27). The van der Waals surface area contributed by atoms with E-state index < -0.39 is 0 Å². The average molecular weight is 416 g/mol. The monoisotopic (exact) mass is 415 g/mol. The molecule has 0 unspecified atom stereocenters. The number of hydrogen-bond donors (Lipinski definition) is 2. The lowest BCUT2D eigenvalue weighted by Crippen LogP contribution is -2.16. The molecule has 3 aromatic rings. The van der Waals surface area contributed by atoms with Crippen LogP contribution < -0.4 is 15.6 Å².